The van der Waals surface area contributed by atoms with Gasteiger partial charge in [0.25, 0.3) is 10.0 Å². The molecule has 1 aliphatic heterocycles. The van der Waals surface area contributed by atoms with E-state index in [-0.39, 0.29) is 22.9 Å². The maximum Gasteiger partial charge on any atom is 0.262 e. The summed E-state index contributed by atoms with van der Waals surface area (Å²) in [5, 5.41) is 3.30. The third-order valence-corrected chi connectivity index (χ3v) is 7.59. The minimum absolute atomic E-state index is 0.0899. The van der Waals surface area contributed by atoms with Crippen LogP contribution in [0.25, 0.3) is 0 Å². The molecule has 0 aromatic carbocycles. The molecule has 3 rings (SSSR count). The van der Waals surface area contributed by atoms with Crippen LogP contribution in [0, 0.1) is 5.92 Å². The maximum atomic E-state index is 12.8. The Kier molecular flexibility index (Phi) is 6.57. The fourth-order valence-electron chi connectivity index (χ4n) is 3.97. The van der Waals surface area contributed by atoms with Gasteiger partial charge in [-0.3, -0.25) is 4.79 Å². The van der Waals surface area contributed by atoms with Gasteiger partial charge in [-0.25, -0.2) is 13.4 Å². The van der Waals surface area contributed by atoms with Crippen molar-refractivity contribution in [3.63, 3.8) is 0 Å². The number of carbonyl (C=O) groups is 1. The van der Waals surface area contributed by atoms with E-state index in [1.54, 1.807) is 17.1 Å². The Morgan fingerprint density at radius 1 is 1.11 bits per heavy atom. The fraction of sp³-hybridized carbons (Fsp3) is 0.789. The number of piperidine rings is 1. The van der Waals surface area contributed by atoms with Crippen LogP contribution in [-0.4, -0.2) is 47.3 Å². The zero-order valence-electron chi connectivity index (χ0n) is 16.4. The van der Waals surface area contributed by atoms with Crippen LogP contribution in [0.2, 0.25) is 0 Å². The van der Waals surface area contributed by atoms with Gasteiger partial charge in [0, 0.05) is 37.3 Å². The van der Waals surface area contributed by atoms with Crippen molar-refractivity contribution < 1.29 is 13.2 Å². The summed E-state index contributed by atoms with van der Waals surface area (Å²) < 4.78 is 28.9. The van der Waals surface area contributed by atoms with Gasteiger partial charge in [-0.15, -0.1) is 0 Å². The number of imidazole rings is 1. The molecule has 1 amide bonds. The normalized spacial score (nSPS) is 21.3. The zero-order chi connectivity index (χ0) is 19.4. The highest BCUT2D eigenvalue weighted by Gasteiger charge is 2.34. The SMILES string of the molecule is CC(C)n1cnc(S(=O)(=O)N2CCC(C(=O)NC3CCCCCC3)CC2)c1. The van der Waals surface area contributed by atoms with Crippen LogP contribution in [0.3, 0.4) is 0 Å². The summed E-state index contributed by atoms with van der Waals surface area (Å²) >= 11 is 0. The van der Waals surface area contributed by atoms with Crippen molar-refractivity contribution in [2.24, 2.45) is 5.92 Å². The Hall–Kier alpha value is -1.41. The molecular weight excluding hydrogens is 364 g/mol. The summed E-state index contributed by atoms with van der Waals surface area (Å²) in [5.41, 5.74) is 0. The van der Waals surface area contributed by atoms with Crippen LogP contribution < -0.4 is 5.32 Å². The Morgan fingerprint density at radius 2 is 1.74 bits per heavy atom. The monoisotopic (exact) mass is 396 g/mol. The lowest BCUT2D eigenvalue weighted by molar-refractivity contribution is -0.126. The third-order valence-electron chi connectivity index (χ3n) is 5.80. The molecule has 0 radical (unpaired) electrons. The van der Waals surface area contributed by atoms with Gasteiger partial charge in [-0.05, 0) is 39.5 Å². The van der Waals surface area contributed by atoms with Gasteiger partial charge in [-0.2, -0.15) is 4.31 Å². The lowest BCUT2D eigenvalue weighted by atomic mass is 9.96. The van der Waals surface area contributed by atoms with Crippen LogP contribution in [0.1, 0.15) is 71.3 Å². The third kappa shape index (κ3) is 4.90. The van der Waals surface area contributed by atoms with Gasteiger partial charge >= 0.3 is 0 Å². The molecule has 0 atom stereocenters. The quantitative estimate of drug-likeness (QED) is 0.776. The molecule has 2 fully saturated rings. The lowest BCUT2D eigenvalue weighted by Gasteiger charge is -2.31. The predicted molar refractivity (Wildman–Crippen MR) is 104 cm³/mol. The number of amides is 1. The molecule has 1 N–H and O–H groups in total. The van der Waals surface area contributed by atoms with Gasteiger partial charge in [-0.1, -0.05) is 25.7 Å². The molecule has 27 heavy (non-hydrogen) atoms. The first-order chi connectivity index (χ1) is 12.9. The summed E-state index contributed by atoms with van der Waals surface area (Å²) in [4.78, 5) is 16.7. The number of carbonyl (C=O) groups excluding carboxylic acids is 1. The molecule has 1 saturated heterocycles. The minimum Gasteiger partial charge on any atom is -0.353 e. The molecule has 1 saturated carbocycles. The standard InChI is InChI=1S/C19H32N4O3S/c1-15(2)22-13-18(20-14-22)27(25,26)23-11-9-16(10-12-23)19(24)21-17-7-5-3-4-6-8-17/h13-17H,3-12H2,1-2H3,(H,21,24). The molecule has 7 nitrogen and oxygen atoms in total. The van der Waals surface area contributed by atoms with Crippen molar-refractivity contribution in [3.8, 4) is 0 Å². The molecule has 0 unspecified atom stereocenters. The first kappa shape index (κ1) is 20.3. The molecule has 1 aromatic heterocycles. The van der Waals surface area contributed by atoms with Gasteiger partial charge in [0.05, 0.1) is 6.33 Å². The summed E-state index contributed by atoms with van der Waals surface area (Å²) in [6, 6.07) is 0.460. The molecule has 1 aliphatic carbocycles. The first-order valence-electron chi connectivity index (χ1n) is 10.2. The number of rotatable bonds is 5. The smallest absolute Gasteiger partial charge is 0.262 e. The number of hydrogen-bond donors (Lipinski definition) is 1. The lowest BCUT2D eigenvalue weighted by Crippen LogP contribution is -2.45. The molecular formula is C19H32N4O3S. The summed E-state index contributed by atoms with van der Waals surface area (Å²) in [5.74, 6) is 0.0101. The average molecular weight is 397 g/mol. The van der Waals surface area contributed by atoms with E-state index in [2.05, 4.69) is 10.3 Å². The van der Waals surface area contributed by atoms with Crippen molar-refractivity contribution in [2.45, 2.75) is 82.3 Å². The largest absolute Gasteiger partial charge is 0.353 e. The van der Waals surface area contributed by atoms with E-state index in [0.717, 1.165) is 12.8 Å². The highest BCUT2D eigenvalue weighted by atomic mass is 32.2. The molecule has 0 spiro atoms. The Bertz CT molecular complexity index is 728. The van der Waals surface area contributed by atoms with Crippen LogP contribution in [0.5, 0.6) is 0 Å². The topological polar surface area (TPSA) is 84.3 Å². The summed E-state index contributed by atoms with van der Waals surface area (Å²) in [6.45, 7) is 4.71. The second-order valence-corrected chi connectivity index (χ2v) is 10.0. The zero-order valence-corrected chi connectivity index (χ0v) is 17.2. The van der Waals surface area contributed by atoms with Gasteiger partial charge in [0.2, 0.25) is 5.91 Å². The van der Waals surface area contributed by atoms with E-state index in [1.165, 1.54) is 30.0 Å². The van der Waals surface area contributed by atoms with E-state index in [1.807, 2.05) is 13.8 Å². The molecule has 2 aliphatic rings. The summed E-state index contributed by atoms with van der Waals surface area (Å²) in [6.07, 6.45) is 11.3. The predicted octanol–water partition coefficient (Wildman–Crippen LogP) is 2.70. The fourth-order valence-corrected chi connectivity index (χ4v) is 5.36. The van der Waals surface area contributed by atoms with Crippen LogP contribution in [-0.2, 0) is 14.8 Å². The Balaban J connectivity index is 1.55. The Morgan fingerprint density at radius 3 is 2.30 bits per heavy atom. The van der Waals surface area contributed by atoms with Crippen molar-refractivity contribution in [1.82, 2.24) is 19.2 Å². The maximum absolute atomic E-state index is 12.8. The highest BCUT2D eigenvalue weighted by molar-refractivity contribution is 7.89. The number of aromatic nitrogens is 2. The number of sulfonamides is 1. The van der Waals surface area contributed by atoms with Crippen molar-refractivity contribution in [1.29, 1.82) is 0 Å². The summed E-state index contributed by atoms with van der Waals surface area (Å²) in [7, 11) is -3.59. The second-order valence-electron chi connectivity index (χ2n) is 8.13. The highest BCUT2D eigenvalue weighted by Crippen LogP contribution is 2.25. The average Bonchev–Trinajstić information content (AvgIpc) is 3.03. The second kappa shape index (κ2) is 8.73. The van der Waals surface area contributed by atoms with Crippen molar-refractivity contribution >= 4 is 15.9 Å². The van der Waals surface area contributed by atoms with E-state index >= 15 is 0 Å². The number of hydrogen-bond acceptors (Lipinski definition) is 4. The van der Waals surface area contributed by atoms with Gasteiger partial charge in [0.15, 0.2) is 5.03 Å². The molecule has 152 valence electrons. The minimum atomic E-state index is -3.59. The van der Waals surface area contributed by atoms with Crippen molar-refractivity contribution in [2.75, 3.05) is 13.1 Å². The van der Waals surface area contributed by atoms with Crippen LogP contribution in [0.4, 0.5) is 0 Å². The molecule has 1 aromatic rings. The van der Waals surface area contributed by atoms with Gasteiger partial charge < -0.3 is 9.88 Å². The van der Waals surface area contributed by atoms with Gasteiger partial charge in [0.1, 0.15) is 0 Å². The van der Waals surface area contributed by atoms with Crippen molar-refractivity contribution in [3.05, 3.63) is 12.5 Å². The first-order valence-corrected chi connectivity index (χ1v) is 11.7. The Labute approximate surface area is 162 Å². The van der Waals surface area contributed by atoms with E-state index in [9.17, 15) is 13.2 Å². The van der Waals surface area contributed by atoms with Crippen LogP contribution in [0.15, 0.2) is 17.6 Å². The van der Waals surface area contributed by atoms with E-state index < -0.39 is 10.0 Å². The van der Waals surface area contributed by atoms with E-state index in [0.29, 0.717) is 32.0 Å². The molecule has 0 bridgehead atoms. The molecule has 2 heterocycles. The van der Waals surface area contributed by atoms with E-state index in [4.69, 9.17) is 0 Å². The number of nitrogens with zero attached hydrogens (tertiary/aromatic N) is 3. The van der Waals surface area contributed by atoms with Crippen LogP contribution >= 0.6 is 0 Å². The number of nitrogens with one attached hydrogen (secondary N) is 1. The molecule has 8 heteroatoms.